The number of halogens is 1. The molecule has 4 aromatic rings. The zero-order chi connectivity index (χ0) is 28.4. The van der Waals surface area contributed by atoms with Gasteiger partial charge in [-0.15, -0.1) is 0 Å². The standard InChI is InChI=1S/C33H33BrNO4P/c1-33(2,3)39-32(37)38-26-15-13-14-25(24-26)35-23-22-30(31(35)36)40(34,27-16-7-4-8-17-27,28-18-9-5-10-19-28)29-20-11-6-12-21-29/h4-21,24,30H,22-23H2,1-3H3. The van der Waals surface area contributed by atoms with Gasteiger partial charge in [-0.25, -0.2) is 0 Å². The molecule has 0 saturated carbocycles. The molecule has 0 N–H and O–H groups in total. The van der Waals surface area contributed by atoms with Gasteiger partial charge in [0.2, 0.25) is 0 Å². The number of rotatable bonds is 6. The second-order valence-corrected chi connectivity index (χ2v) is 19.7. The predicted molar refractivity (Wildman–Crippen MR) is 168 cm³/mol. The van der Waals surface area contributed by atoms with Crippen LogP contribution >= 0.6 is 20.8 Å². The van der Waals surface area contributed by atoms with E-state index >= 15 is 0 Å². The summed E-state index contributed by atoms with van der Waals surface area (Å²) >= 11 is 4.46. The molecule has 5 nitrogen and oxygen atoms in total. The summed E-state index contributed by atoms with van der Waals surface area (Å²) in [6, 6.07) is 38.2. The number of hydrogen-bond acceptors (Lipinski definition) is 4. The van der Waals surface area contributed by atoms with Crippen LogP contribution in [0.1, 0.15) is 27.2 Å². The molecule has 7 heteroatoms. The Morgan fingerprint density at radius 1 is 0.800 bits per heavy atom. The van der Waals surface area contributed by atoms with Crippen molar-refractivity contribution in [3.8, 4) is 5.75 Å². The fraction of sp³-hybridized carbons (Fsp3) is 0.212. The molecule has 0 spiro atoms. The molecule has 1 atom stereocenters. The van der Waals surface area contributed by atoms with Crippen molar-refractivity contribution >= 4 is 54.5 Å². The first-order valence-electron chi connectivity index (χ1n) is 13.3. The molecule has 0 radical (unpaired) electrons. The van der Waals surface area contributed by atoms with Crippen LogP contribution in [0.3, 0.4) is 0 Å². The van der Waals surface area contributed by atoms with Crippen molar-refractivity contribution in [1.82, 2.24) is 0 Å². The third kappa shape index (κ3) is 4.95. The van der Waals surface area contributed by atoms with Crippen molar-refractivity contribution in [3.63, 3.8) is 0 Å². The molecule has 5 rings (SSSR count). The molecule has 1 heterocycles. The fourth-order valence-electron chi connectivity index (χ4n) is 5.60. The molecule has 1 fully saturated rings. The van der Waals surface area contributed by atoms with Crippen LogP contribution < -0.4 is 25.6 Å². The van der Waals surface area contributed by atoms with Crippen LogP contribution in [0.25, 0.3) is 0 Å². The number of anilines is 1. The van der Waals surface area contributed by atoms with E-state index < -0.39 is 17.1 Å². The number of nitrogens with zero attached hydrogens (tertiary/aromatic N) is 1. The number of ether oxygens (including phenoxy) is 2. The topological polar surface area (TPSA) is 55.8 Å². The summed E-state index contributed by atoms with van der Waals surface area (Å²) in [7, 11) is 0. The van der Waals surface area contributed by atoms with Crippen molar-refractivity contribution < 1.29 is 19.1 Å². The normalized spacial score (nSPS) is 16.7. The number of benzene rings is 4. The average molecular weight is 619 g/mol. The van der Waals surface area contributed by atoms with Gasteiger partial charge in [0.25, 0.3) is 0 Å². The van der Waals surface area contributed by atoms with Crippen LogP contribution in [0, 0.1) is 0 Å². The zero-order valence-corrected chi connectivity index (χ0v) is 25.3. The third-order valence-corrected chi connectivity index (χ3v) is 18.0. The molecule has 4 aromatic carbocycles. The Hall–Kier alpha value is -3.47. The maximum absolute atomic E-state index is 14.6. The van der Waals surface area contributed by atoms with Gasteiger partial charge in [0.05, 0.1) is 0 Å². The molecule has 1 unspecified atom stereocenters. The summed E-state index contributed by atoms with van der Waals surface area (Å²) in [6.07, 6.45) is -0.129. The summed E-state index contributed by atoms with van der Waals surface area (Å²) in [4.78, 5) is 28.7. The van der Waals surface area contributed by atoms with Gasteiger partial charge in [-0.05, 0) is 0 Å². The van der Waals surface area contributed by atoms with Gasteiger partial charge >= 0.3 is 244 Å². The SMILES string of the molecule is CC(C)(C)OC(=O)Oc1cccc(N2CCC(P(Br)(c3ccccc3)(c3ccccc3)c3ccccc3)C2=O)c1. The van der Waals surface area contributed by atoms with E-state index in [9.17, 15) is 9.59 Å². The van der Waals surface area contributed by atoms with Crippen molar-refractivity contribution in [2.45, 2.75) is 38.5 Å². The summed E-state index contributed by atoms with van der Waals surface area (Å²) in [5.41, 5.74) is -0.342. The van der Waals surface area contributed by atoms with E-state index in [1.807, 2.05) is 65.6 Å². The second-order valence-electron chi connectivity index (χ2n) is 10.9. The van der Waals surface area contributed by atoms with Crippen molar-refractivity contribution in [3.05, 3.63) is 115 Å². The Balaban J connectivity index is 1.60. The van der Waals surface area contributed by atoms with Crippen LogP contribution in [0.15, 0.2) is 115 Å². The Bertz CT molecular complexity index is 1410. The zero-order valence-electron chi connectivity index (χ0n) is 22.9. The number of hydrogen-bond donors (Lipinski definition) is 0. The quantitative estimate of drug-likeness (QED) is 0.133. The molecule has 206 valence electrons. The minimum absolute atomic E-state index is 0.0283. The number of amides is 1. The molecule has 40 heavy (non-hydrogen) atoms. The van der Waals surface area contributed by atoms with Crippen LogP contribution in [0.5, 0.6) is 5.75 Å². The molecule has 1 aliphatic heterocycles. The Labute approximate surface area is 243 Å². The predicted octanol–water partition coefficient (Wildman–Crippen LogP) is 6.95. The molecule has 0 aromatic heterocycles. The summed E-state index contributed by atoms with van der Waals surface area (Å²) in [5.74, 6) is 0.356. The van der Waals surface area contributed by atoms with Gasteiger partial charge in [-0.3, -0.25) is 0 Å². The summed E-state index contributed by atoms with van der Waals surface area (Å²) in [5, 5.41) is -0.194. The van der Waals surface area contributed by atoms with Gasteiger partial charge in [0.1, 0.15) is 0 Å². The van der Waals surface area contributed by atoms with E-state index in [2.05, 4.69) is 51.9 Å². The number of carbonyl (C=O) groups excluding carboxylic acids is 2. The third-order valence-electron chi connectivity index (χ3n) is 7.27. The maximum atomic E-state index is 14.6. The van der Waals surface area contributed by atoms with E-state index in [1.165, 1.54) is 0 Å². The van der Waals surface area contributed by atoms with Crippen LogP contribution in [-0.4, -0.2) is 29.9 Å². The first-order chi connectivity index (χ1) is 19.1. The van der Waals surface area contributed by atoms with Gasteiger partial charge in [0, 0.05) is 0 Å². The number of carbonyl (C=O) groups is 2. The van der Waals surface area contributed by atoms with E-state index in [0.29, 0.717) is 24.4 Å². The average Bonchev–Trinajstić information content (AvgIpc) is 3.35. The Kier molecular flexibility index (Phi) is 7.60. The van der Waals surface area contributed by atoms with Crippen LogP contribution in [-0.2, 0) is 9.53 Å². The van der Waals surface area contributed by atoms with Crippen LogP contribution in [0.2, 0.25) is 0 Å². The van der Waals surface area contributed by atoms with E-state index in [-0.39, 0.29) is 11.6 Å². The molecular weight excluding hydrogens is 585 g/mol. The molecule has 0 bridgehead atoms. The summed E-state index contributed by atoms with van der Waals surface area (Å²) < 4.78 is 10.8. The van der Waals surface area contributed by atoms with E-state index in [0.717, 1.165) is 15.9 Å². The summed E-state index contributed by atoms with van der Waals surface area (Å²) in [6.45, 7) is 5.89. The van der Waals surface area contributed by atoms with Crippen LogP contribution in [0.4, 0.5) is 10.5 Å². The minimum atomic E-state index is -3.51. The van der Waals surface area contributed by atoms with Gasteiger partial charge in [-0.2, -0.15) is 0 Å². The first kappa shape index (κ1) is 28.1. The molecule has 1 saturated heterocycles. The molecule has 0 aliphatic carbocycles. The van der Waals surface area contributed by atoms with Crippen molar-refractivity contribution in [1.29, 1.82) is 0 Å². The second kappa shape index (κ2) is 10.8. The monoisotopic (exact) mass is 617 g/mol. The van der Waals surface area contributed by atoms with Gasteiger partial charge in [-0.1, -0.05) is 0 Å². The molecule has 1 amide bonds. The molecular formula is C33H33BrNO4P. The van der Waals surface area contributed by atoms with E-state index in [4.69, 9.17) is 9.47 Å². The molecule has 1 aliphatic rings. The first-order valence-corrected chi connectivity index (χ1v) is 17.7. The van der Waals surface area contributed by atoms with Gasteiger partial charge in [0.15, 0.2) is 0 Å². The van der Waals surface area contributed by atoms with E-state index in [1.54, 1.807) is 39.0 Å². The Morgan fingerprint density at radius 2 is 1.30 bits per heavy atom. The van der Waals surface area contributed by atoms with Crippen molar-refractivity contribution in [2.75, 3.05) is 11.4 Å². The van der Waals surface area contributed by atoms with Gasteiger partial charge < -0.3 is 0 Å². The van der Waals surface area contributed by atoms with Crippen molar-refractivity contribution in [2.24, 2.45) is 0 Å². The Morgan fingerprint density at radius 3 is 1.77 bits per heavy atom. The fourth-order valence-corrected chi connectivity index (χ4v) is 14.3.